The molecular weight excluding hydrogens is 358 g/mol. The molecule has 0 saturated carbocycles. The fourth-order valence-electron chi connectivity index (χ4n) is 3.79. The van der Waals surface area contributed by atoms with Crippen LogP contribution in [0.15, 0.2) is 59.5 Å². The molecule has 3 heterocycles. The topological polar surface area (TPSA) is 88.6 Å². The Hall–Kier alpha value is -3.35. The zero-order valence-electron chi connectivity index (χ0n) is 15.5. The molecule has 1 aliphatic heterocycles. The number of carbonyl (C=O) groups excluding carboxylic acids is 2. The molecule has 0 spiro atoms. The van der Waals surface area contributed by atoms with E-state index in [0.29, 0.717) is 30.8 Å². The van der Waals surface area contributed by atoms with Crippen LogP contribution in [0.5, 0.6) is 5.75 Å². The lowest BCUT2D eigenvalue weighted by Gasteiger charge is -2.26. The summed E-state index contributed by atoms with van der Waals surface area (Å²) in [7, 11) is 0. The van der Waals surface area contributed by atoms with Gasteiger partial charge in [0.2, 0.25) is 5.78 Å². The number of ketones is 1. The molecule has 0 radical (unpaired) electrons. The summed E-state index contributed by atoms with van der Waals surface area (Å²) in [4.78, 5) is 31.3. The minimum atomic E-state index is -0.710. The number of phenols is 1. The summed E-state index contributed by atoms with van der Waals surface area (Å²) in [5, 5.41) is 9.86. The molecule has 2 unspecified atom stereocenters. The molecular formula is C21H21N3O4. The van der Waals surface area contributed by atoms with Crippen LogP contribution in [0.1, 0.15) is 35.5 Å². The van der Waals surface area contributed by atoms with Crippen molar-refractivity contribution in [2.45, 2.75) is 31.8 Å². The molecule has 144 valence electrons. The second-order valence-corrected chi connectivity index (χ2v) is 6.98. The lowest BCUT2D eigenvalue weighted by atomic mass is 9.89. The van der Waals surface area contributed by atoms with Crippen LogP contribution in [-0.2, 0) is 16.1 Å². The molecule has 2 atom stereocenters. The lowest BCUT2D eigenvalue weighted by molar-refractivity contribution is -0.140. The maximum atomic E-state index is 12.9. The van der Waals surface area contributed by atoms with Crippen molar-refractivity contribution in [3.8, 4) is 5.75 Å². The highest BCUT2D eigenvalue weighted by molar-refractivity contribution is 6.40. The van der Waals surface area contributed by atoms with Gasteiger partial charge in [0, 0.05) is 25.5 Å². The Morgan fingerprint density at radius 2 is 2.04 bits per heavy atom. The maximum Gasteiger partial charge on any atom is 0.291 e. The fourth-order valence-corrected chi connectivity index (χ4v) is 3.79. The monoisotopic (exact) mass is 379 g/mol. The van der Waals surface area contributed by atoms with E-state index in [0.717, 1.165) is 5.76 Å². The highest BCUT2D eigenvalue weighted by Gasteiger charge is 2.49. The molecule has 0 bridgehead atoms. The van der Waals surface area contributed by atoms with Gasteiger partial charge in [0.25, 0.3) is 5.91 Å². The number of likely N-dealkylation sites (tertiary alicyclic amines) is 1. The third-order valence-electron chi connectivity index (χ3n) is 5.06. The van der Waals surface area contributed by atoms with Gasteiger partial charge >= 0.3 is 0 Å². The number of imidazole rings is 1. The summed E-state index contributed by atoms with van der Waals surface area (Å²) in [6, 6.07) is 9.62. The first-order valence-electron chi connectivity index (χ1n) is 9.20. The van der Waals surface area contributed by atoms with Crippen molar-refractivity contribution < 1.29 is 19.1 Å². The van der Waals surface area contributed by atoms with Crippen molar-refractivity contribution in [2.24, 2.45) is 0 Å². The lowest BCUT2D eigenvalue weighted by Crippen LogP contribution is -2.31. The van der Waals surface area contributed by atoms with Gasteiger partial charge in [0.15, 0.2) is 0 Å². The molecule has 4 rings (SSSR count). The van der Waals surface area contributed by atoms with Crippen LogP contribution in [0.3, 0.4) is 0 Å². The van der Waals surface area contributed by atoms with Crippen LogP contribution in [0.2, 0.25) is 0 Å². The van der Waals surface area contributed by atoms with E-state index in [1.54, 1.807) is 35.6 Å². The average Bonchev–Trinajstić information content (AvgIpc) is 3.38. The van der Waals surface area contributed by atoms with Crippen LogP contribution in [0.25, 0.3) is 0 Å². The SMILES string of the molecule is Cc1ccc(C2C(c3cccc(O)c3)C(=O)C(=O)N2CCCn2ccnc2)o1. The Kier molecular flexibility index (Phi) is 4.73. The number of aromatic nitrogens is 2. The highest BCUT2D eigenvalue weighted by atomic mass is 16.3. The van der Waals surface area contributed by atoms with E-state index in [1.165, 1.54) is 6.07 Å². The molecule has 1 aliphatic rings. The van der Waals surface area contributed by atoms with Gasteiger partial charge in [-0.15, -0.1) is 0 Å². The van der Waals surface area contributed by atoms with Crippen LogP contribution >= 0.6 is 0 Å². The summed E-state index contributed by atoms with van der Waals surface area (Å²) in [5.74, 6) is -0.350. The average molecular weight is 379 g/mol. The second kappa shape index (κ2) is 7.34. The van der Waals surface area contributed by atoms with E-state index in [1.807, 2.05) is 29.8 Å². The molecule has 2 aromatic heterocycles. The van der Waals surface area contributed by atoms with Crippen molar-refractivity contribution in [2.75, 3.05) is 6.54 Å². The zero-order valence-corrected chi connectivity index (χ0v) is 15.5. The minimum absolute atomic E-state index is 0.0608. The summed E-state index contributed by atoms with van der Waals surface area (Å²) >= 11 is 0. The van der Waals surface area contributed by atoms with Gasteiger partial charge in [-0.25, -0.2) is 4.98 Å². The summed E-state index contributed by atoms with van der Waals surface area (Å²) in [6.07, 6.45) is 5.97. The predicted molar refractivity (Wildman–Crippen MR) is 101 cm³/mol. The van der Waals surface area contributed by atoms with Gasteiger partial charge in [0.1, 0.15) is 23.3 Å². The number of phenolic OH excluding ortho intramolecular Hbond substituents is 1. The van der Waals surface area contributed by atoms with E-state index in [9.17, 15) is 14.7 Å². The minimum Gasteiger partial charge on any atom is -0.508 e. The molecule has 1 saturated heterocycles. The third-order valence-corrected chi connectivity index (χ3v) is 5.06. The van der Waals surface area contributed by atoms with E-state index >= 15 is 0 Å². The Balaban J connectivity index is 1.65. The number of hydrogen-bond acceptors (Lipinski definition) is 5. The smallest absolute Gasteiger partial charge is 0.291 e. The van der Waals surface area contributed by atoms with Crippen LogP contribution in [0.4, 0.5) is 0 Å². The first kappa shape index (κ1) is 18.0. The molecule has 1 amide bonds. The zero-order chi connectivity index (χ0) is 19.7. The van der Waals surface area contributed by atoms with Crippen molar-refractivity contribution in [1.82, 2.24) is 14.5 Å². The molecule has 1 aromatic carbocycles. The molecule has 7 nitrogen and oxygen atoms in total. The Bertz CT molecular complexity index is 993. The fraction of sp³-hybridized carbons (Fsp3) is 0.286. The van der Waals surface area contributed by atoms with E-state index in [-0.39, 0.29) is 5.75 Å². The molecule has 7 heteroatoms. The largest absolute Gasteiger partial charge is 0.508 e. The van der Waals surface area contributed by atoms with Gasteiger partial charge in [-0.2, -0.15) is 0 Å². The van der Waals surface area contributed by atoms with Crippen LogP contribution in [-0.4, -0.2) is 37.8 Å². The van der Waals surface area contributed by atoms with Crippen molar-refractivity contribution in [3.05, 3.63) is 72.2 Å². The highest BCUT2D eigenvalue weighted by Crippen LogP contribution is 2.43. The summed E-state index contributed by atoms with van der Waals surface area (Å²) in [6.45, 7) is 2.94. The third kappa shape index (κ3) is 3.31. The first-order chi connectivity index (χ1) is 13.5. The number of rotatable bonds is 6. The number of Topliss-reactive ketones (excluding diaryl/α,β-unsaturated/α-hetero) is 1. The quantitative estimate of drug-likeness (QED) is 0.666. The van der Waals surface area contributed by atoms with Gasteiger partial charge < -0.3 is 19.0 Å². The second-order valence-electron chi connectivity index (χ2n) is 6.98. The van der Waals surface area contributed by atoms with Gasteiger partial charge in [-0.3, -0.25) is 9.59 Å². The Morgan fingerprint density at radius 1 is 1.18 bits per heavy atom. The van der Waals surface area contributed by atoms with E-state index in [2.05, 4.69) is 4.98 Å². The Morgan fingerprint density at radius 3 is 2.71 bits per heavy atom. The molecule has 1 N–H and O–H groups in total. The number of benzene rings is 1. The van der Waals surface area contributed by atoms with Crippen LogP contribution < -0.4 is 0 Å². The van der Waals surface area contributed by atoms with Crippen molar-refractivity contribution in [3.63, 3.8) is 0 Å². The number of carbonyl (C=O) groups is 2. The van der Waals surface area contributed by atoms with Gasteiger partial charge in [-0.05, 0) is 43.2 Å². The number of nitrogens with zero attached hydrogens (tertiary/aromatic N) is 3. The predicted octanol–water partition coefficient (Wildman–Crippen LogP) is 2.82. The molecule has 1 fully saturated rings. The molecule has 3 aromatic rings. The van der Waals surface area contributed by atoms with Gasteiger partial charge in [-0.1, -0.05) is 12.1 Å². The molecule has 28 heavy (non-hydrogen) atoms. The number of furan rings is 1. The standard InChI is InChI=1S/C21H21N3O4/c1-14-6-7-17(28-14)19-18(15-4-2-5-16(25)12-15)20(26)21(27)24(19)10-3-9-23-11-8-22-13-23/h2,4-8,11-13,18-19,25H,3,9-10H2,1H3. The van der Waals surface area contributed by atoms with E-state index in [4.69, 9.17) is 4.42 Å². The molecule has 0 aliphatic carbocycles. The normalized spacial score (nSPS) is 19.5. The van der Waals surface area contributed by atoms with E-state index < -0.39 is 23.7 Å². The number of aromatic hydroxyl groups is 1. The van der Waals surface area contributed by atoms with Crippen molar-refractivity contribution >= 4 is 11.7 Å². The summed E-state index contributed by atoms with van der Waals surface area (Å²) in [5.41, 5.74) is 0.606. The summed E-state index contributed by atoms with van der Waals surface area (Å²) < 4.78 is 7.74. The van der Waals surface area contributed by atoms with Crippen molar-refractivity contribution in [1.29, 1.82) is 0 Å². The Labute approximate surface area is 162 Å². The number of amides is 1. The maximum absolute atomic E-state index is 12.9. The first-order valence-corrected chi connectivity index (χ1v) is 9.20. The van der Waals surface area contributed by atoms with Gasteiger partial charge in [0.05, 0.1) is 12.2 Å². The number of hydrogen-bond donors (Lipinski definition) is 1. The number of aryl methyl sites for hydroxylation is 2. The van der Waals surface area contributed by atoms with Crippen LogP contribution in [0, 0.1) is 6.92 Å².